The van der Waals surface area contributed by atoms with E-state index in [-0.39, 0.29) is 17.5 Å². The monoisotopic (exact) mass is 269 g/mol. The SMILES string of the molecule is CN(C)c1ncccc1NC1CCS(=O)(=O)CC1. The molecule has 18 heavy (non-hydrogen) atoms. The van der Waals surface area contributed by atoms with Crippen LogP contribution in [0.25, 0.3) is 0 Å². The summed E-state index contributed by atoms with van der Waals surface area (Å²) < 4.78 is 22.8. The van der Waals surface area contributed by atoms with Crippen molar-refractivity contribution >= 4 is 21.3 Å². The van der Waals surface area contributed by atoms with E-state index in [1.807, 2.05) is 31.1 Å². The third-order valence-corrected chi connectivity index (χ3v) is 4.84. The maximum Gasteiger partial charge on any atom is 0.151 e. The molecule has 0 aromatic carbocycles. The van der Waals surface area contributed by atoms with Crippen LogP contribution in [0.1, 0.15) is 12.8 Å². The summed E-state index contributed by atoms with van der Waals surface area (Å²) in [5.74, 6) is 1.44. The van der Waals surface area contributed by atoms with Gasteiger partial charge in [0.2, 0.25) is 0 Å². The smallest absolute Gasteiger partial charge is 0.151 e. The van der Waals surface area contributed by atoms with Gasteiger partial charge in [-0.05, 0) is 25.0 Å². The Morgan fingerprint density at radius 2 is 2.00 bits per heavy atom. The van der Waals surface area contributed by atoms with Gasteiger partial charge in [-0.1, -0.05) is 0 Å². The van der Waals surface area contributed by atoms with Gasteiger partial charge in [0.05, 0.1) is 17.2 Å². The molecule has 0 unspecified atom stereocenters. The Balaban J connectivity index is 2.07. The van der Waals surface area contributed by atoms with Crippen molar-refractivity contribution in [2.24, 2.45) is 0 Å². The van der Waals surface area contributed by atoms with Crippen LogP contribution in [0.5, 0.6) is 0 Å². The number of anilines is 2. The van der Waals surface area contributed by atoms with E-state index in [9.17, 15) is 8.42 Å². The summed E-state index contributed by atoms with van der Waals surface area (Å²) in [5, 5.41) is 3.40. The van der Waals surface area contributed by atoms with Crippen LogP contribution in [0.15, 0.2) is 18.3 Å². The number of nitrogens with one attached hydrogen (secondary N) is 1. The maximum atomic E-state index is 11.4. The zero-order valence-corrected chi connectivity index (χ0v) is 11.6. The highest BCUT2D eigenvalue weighted by molar-refractivity contribution is 7.91. The minimum absolute atomic E-state index is 0.219. The van der Waals surface area contributed by atoms with Gasteiger partial charge < -0.3 is 10.2 Å². The van der Waals surface area contributed by atoms with Gasteiger partial charge in [-0.15, -0.1) is 0 Å². The molecule has 1 aromatic heterocycles. The molecule has 5 nitrogen and oxygen atoms in total. The molecule has 0 spiro atoms. The molecule has 1 aliphatic heterocycles. The molecule has 2 heterocycles. The first kappa shape index (κ1) is 13.1. The minimum Gasteiger partial charge on any atom is -0.379 e. The van der Waals surface area contributed by atoms with Crippen LogP contribution in [0.2, 0.25) is 0 Å². The van der Waals surface area contributed by atoms with Gasteiger partial charge in [0, 0.05) is 26.3 Å². The quantitative estimate of drug-likeness (QED) is 0.891. The van der Waals surface area contributed by atoms with Crippen molar-refractivity contribution in [1.82, 2.24) is 4.98 Å². The molecule has 0 bridgehead atoms. The average molecular weight is 269 g/mol. The lowest BCUT2D eigenvalue weighted by atomic mass is 10.1. The van der Waals surface area contributed by atoms with Crippen molar-refractivity contribution in [3.63, 3.8) is 0 Å². The van der Waals surface area contributed by atoms with Gasteiger partial charge >= 0.3 is 0 Å². The molecule has 100 valence electrons. The van der Waals surface area contributed by atoms with Crippen LogP contribution in [-0.4, -0.2) is 45.0 Å². The highest BCUT2D eigenvalue weighted by atomic mass is 32.2. The summed E-state index contributed by atoms with van der Waals surface area (Å²) in [4.78, 5) is 6.26. The fourth-order valence-electron chi connectivity index (χ4n) is 2.12. The highest BCUT2D eigenvalue weighted by Crippen LogP contribution is 2.24. The number of hydrogen-bond donors (Lipinski definition) is 1. The third kappa shape index (κ3) is 3.13. The van der Waals surface area contributed by atoms with E-state index in [1.54, 1.807) is 6.20 Å². The molecule has 0 aliphatic carbocycles. The molecule has 1 N–H and O–H groups in total. The summed E-state index contributed by atoms with van der Waals surface area (Å²) in [6, 6.07) is 4.08. The first-order valence-electron chi connectivity index (χ1n) is 6.07. The number of aromatic nitrogens is 1. The molecule has 1 saturated heterocycles. The summed E-state index contributed by atoms with van der Waals surface area (Å²) in [7, 11) is 1.09. The van der Waals surface area contributed by atoms with E-state index in [0.29, 0.717) is 12.8 Å². The van der Waals surface area contributed by atoms with Crippen LogP contribution >= 0.6 is 0 Å². The predicted octanol–water partition coefficient (Wildman–Crippen LogP) is 1.14. The summed E-state index contributed by atoms with van der Waals surface area (Å²) in [6.07, 6.45) is 3.10. The molecule has 0 amide bonds. The standard InChI is InChI=1S/C12H19N3O2S/c1-15(2)12-11(4-3-7-13-12)14-10-5-8-18(16,17)9-6-10/h3-4,7,10,14H,5-6,8-9H2,1-2H3. The van der Waals surface area contributed by atoms with E-state index in [0.717, 1.165) is 11.5 Å². The summed E-state index contributed by atoms with van der Waals surface area (Å²) in [6.45, 7) is 0. The van der Waals surface area contributed by atoms with Gasteiger partial charge in [0.15, 0.2) is 5.82 Å². The number of sulfone groups is 1. The Kier molecular flexibility index (Phi) is 3.75. The molecule has 1 aromatic rings. The summed E-state index contributed by atoms with van der Waals surface area (Å²) >= 11 is 0. The Morgan fingerprint density at radius 1 is 1.33 bits per heavy atom. The van der Waals surface area contributed by atoms with E-state index in [2.05, 4.69) is 10.3 Å². The van der Waals surface area contributed by atoms with E-state index in [4.69, 9.17) is 0 Å². The van der Waals surface area contributed by atoms with Gasteiger partial charge in [-0.2, -0.15) is 0 Å². The fourth-order valence-corrected chi connectivity index (χ4v) is 3.61. The Morgan fingerprint density at radius 3 is 2.61 bits per heavy atom. The zero-order chi connectivity index (χ0) is 13.2. The normalized spacial score (nSPS) is 19.4. The molecule has 0 saturated carbocycles. The molecule has 6 heteroatoms. The molecule has 0 radical (unpaired) electrons. The third-order valence-electron chi connectivity index (χ3n) is 3.12. The van der Waals surface area contributed by atoms with Crippen LogP contribution in [-0.2, 0) is 9.84 Å². The Bertz CT molecular complexity index is 500. The number of hydrogen-bond acceptors (Lipinski definition) is 5. The first-order valence-corrected chi connectivity index (χ1v) is 7.89. The largest absolute Gasteiger partial charge is 0.379 e. The number of rotatable bonds is 3. The molecular formula is C12H19N3O2S. The van der Waals surface area contributed by atoms with E-state index < -0.39 is 9.84 Å². The van der Waals surface area contributed by atoms with Crippen LogP contribution < -0.4 is 10.2 Å². The van der Waals surface area contributed by atoms with Crippen LogP contribution in [0, 0.1) is 0 Å². The second kappa shape index (κ2) is 5.14. The second-order valence-electron chi connectivity index (χ2n) is 4.84. The molecular weight excluding hydrogens is 250 g/mol. The number of nitrogens with zero attached hydrogens (tertiary/aromatic N) is 2. The minimum atomic E-state index is -2.80. The average Bonchev–Trinajstić information content (AvgIpc) is 2.32. The topological polar surface area (TPSA) is 62.3 Å². The lowest BCUT2D eigenvalue weighted by Gasteiger charge is -2.26. The van der Waals surface area contributed by atoms with Crippen LogP contribution in [0.4, 0.5) is 11.5 Å². The van der Waals surface area contributed by atoms with Crippen molar-refractivity contribution in [3.05, 3.63) is 18.3 Å². The molecule has 0 atom stereocenters. The fraction of sp³-hybridized carbons (Fsp3) is 0.583. The van der Waals surface area contributed by atoms with Crippen LogP contribution in [0.3, 0.4) is 0 Å². The zero-order valence-electron chi connectivity index (χ0n) is 10.8. The summed E-state index contributed by atoms with van der Waals surface area (Å²) in [5.41, 5.74) is 0.965. The van der Waals surface area contributed by atoms with Gasteiger partial charge in [0.25, 0.3) is 0 Å². The van der Waals surface area contributed by atoms with E-state index >= 15 is 0 Å². The maximum absolute atomic E-state index is 11.4. The predicted molar refractivity (Wildman–Crippen MR) is 73.9 cm³/mol. The first-order chi connectivity index (χ1) is 8.48. The van der Waals surface area contributed by atoms with E-state index in [1.165, 1.54) is 0 Å². The van der Waals surface area contributed by atoms with Crippen molar-refractivity contribution < 1.29 is 8.42 Å². The molecule has 1 aliphatic rings. The van der Waals surface area contributed by atoms with Gasteiger partial charge in [-0.3, -0.25) is 0 Å². The Labute approximate surface area is 108 Å². The lowest BCUT2D eigenvalue weighted by Crippen LogP contribution is -2.32. The second-order valence-corrected chi connectivity index (χ2v) is 7.14. The van der Waals surface area contributed by atoms with Gasteiger partial charge in [0.1, 0.15) is 9.84 Å². The van der Waals surface area contributed by atoms with Crippen molar-refractivity contribution in [2.45, 2.75) is 18.9 Å². The van der Waals surface area contributed by atoms with Crippen molar-refractivity contribution in [2.75, 3.05) is 35.8 Å². The lowest BCUT2D eigenvalue weighted by molar-refractivity contribution is 0.559. The molecule has 1 fully saturated rings. The highest BCUT2D eigenvalue weighted by Gasteiger charge is 2.24. The van der Waals surface area contributed by atoms with Crippen molar-refractivity contribution in [1.29, 1.82) is 0 Å². The molecule has 2 rings (SSSR count). The van der Waals surface area contributed by atoms with Gasteiger partial charge in [-0.25, -0.2) is 13.4 Å². The number of pyridine rings is 1. The Hall–Kier alpha value is -1.30. The van der Waals surface area contributed by atoms with Crippen molar-refractivity contribution in [3.8, 4) is 0 Å².